The Morgan fingerprint density at radius 1 is 1.07 bits per heavy atom. The third-order valence-electron chi connectivity index (χ3n) is 4.70. The fourth-order valence-corrected chi connectivity index (χ4v) is 3.20. The Hall–Kier alpha value is -3.48. The van der Waals surface area contributed by atoms with Crippen molar-refractivity contribution in [3.63, 3.8) is 0 Å². The molecule has 7 heteroatoms. The third-order valence-corrected chi connectivity index (χ3v) is 4.70. The maximum absolute atomic E-state index is 12.2. The Morgan fingerprint density at radius 2 is 1.80 bits per heavy atom. The molecule has 3 N–H and O–H groups in total. The van der Waals surface area contributed by atoms with Gasteiger partial charge in [-0.15, -0.1) is 0 Å². The number of benzene rings is 2. The molecule has 2 aromatic carbocycles. The van der Waals surface area contributed by atoms with E-state index in [4.69, 9.17) is 5.11 Å². The predicted molar refractivity (Wildman–Crippen MR) is 116 cm³/mol. The number of nitrogens with one attached hydrogen (secondary N) is 2. The van der Waals surface area contributed by atoms with Crippen LogP contribution in [0, 0.1) is 5.92 Å². The number of fused-ring (bicyclic) bond motifs is 1. The fourth-order valence-electron chi connectivity index (χ4n) is 3.20. The van der Waals surface area contributed by atoms with Crippen LogP contribution in [0.15, 0.2) is 54.7 Å². The number of anilines is 1. The number of carbonyl (C=O) groups is 2. The maximum atomic E-state index is 12.2. The normalized spacial score (nSPS) is 12.0. The van der Waals surface area contributed by atoms with Crippen molar-refractivity contribution in [3.8, 4) is 0 Å². The average molecular weight is 406 g/mol. The Balaban J connectivity index is 1.74. The molecule has 0 aliphatic rings. The molecule has 1 atom stereocenters. The number of para-hydroxylation sites is 1. The summed E-state index contributed by atoms with van der Waals surface area (Å²) in [6.45, 7) is 4.41. The molecular formula is C23H26N4O3. The van der Waals surface area contributed by atoms with Crippen LogP contribution in [0.25, 0.3) is 10.9 Å². The van der Waals surface area contributed by atoms with Crippen molar-refractivity contribution in [3.05, 3.63) is 65.9 Å². The Kier molecular flexibility index (Phi) is 6.95. The molecule has 0 radical (unpaired) electrons. The minimum Gasteiger partial charge on any atom is -0.481 e. The van der Waals surface area contributed by atoms with Crippen molar-refractivity contribution in [2.45, 2.75) is 32.7 Å². The van der Waals surface area contributed by atoms with Gasteiger partial charge in [-0.25, -0.2) is 9.97 Å². The highest BCUT2D eigenvalue weighted by atomic mass is 16.4. The summed E-state index contributed by atoms with van der Waals surface area (Å²) in [6, 6.07) is 15.2. The van der Waals surface area contributed by atoms with Gasteiger partial charge in [0.15, 0.2) is 0 Å². The average Bonchev–Trinajstić information content (AvgIpc) is 2.72. The topological polar surface area (TPSA) is 104 Å². The number of carboxylic acids is 1. The van der Waals surface area contributed by atoms with Crippen molar-refractivity contribution in [1.29, 1.82) is 0 Å². The minimum absolute atomic E-state index is 0.00437. The first kappa shape index (κ1) is 21.2. The van der Waals surface area contributed by atoms with Crippen LogP contribution in [0.4, 0.5) is 5.95 Å². The largest absolute Gasteiger partial charge is 0.481 e. The standard InChI is InChI=1S/C23H26N4O3/c1-15(2)13-20(27-23-25-14-18-5-3-4-6-19(18)26-23)16-7-9-17(10-8-16)22(30)24-12-11-21(28)29/h3-10,14-15,20H,11-13H2,1-2H3,(H,24,30)(H,28,29)(H,25,26,27). The number of hydrogen-bond acceptors (Lipinski definition) is 5. The first-order valence-electron chi connectivity index (χ1n) is 10.0. The van der Waals surface area contributed by atoms with Gasteiger partial charge in [0.1, 0.15) is 0 Å². The minimum atomic E-state index is -0.941. The first-order valence-corrected chi connectivity index (χ1v) is 10.0. The number of aliphatic carboxylic acids is 1. The molecule has 0 spiro atoms. The molecule has 0 bridgehead atoms. The monoisotopic (exact) mass is 406 g/mol. The second kappa shape index (κ2) is 9.82. The fraction of sp³-hybridized carbons (Fsp3) is 0.304. The molecule has 0 saturated carbocycles. The Bertz CT molecular complexity index is 1020. The molecule has 30 heavy (non-hydrogen) atoms. The molecule has 1 heterocycles. The van der Waals surface area contributed by atoms with E-state index in [1.807, 2.05) is 42.6 Å². The van der Waals surface area contributed by atoms with E-state index in [1.54, 1.807) is 12.1 Å². The van der Waals surface area contributed by atoms with E-state index < -0.39 is 5.97 Å². The van der Waals surface area contributed by atoms with Crippen LogP contribution in [-0.4, -0.2) is 33.5 Å². The smallest absolute Gasteiger partial charge is 0.305 e. The summed E-state index contributed by atoms with van der Waals surface area (Å²) in [7, 11) is 0. The Morgan fingerprint density at radius 3 is 2.50 bits per heavy atom. The molecule has 1 aromatic heterocycles. The van der Waals surface area contributed by atoms with Crippen molar-refractivity contribution in [2.24, 2.45) is 5.92 Å². The summed E-state index contributed by atoms with van der Waals surface area (Å²) in [5.74, 6) is -0.213. The van der Waals surface area contributed by atoms with Gasteiger partial charge < -0.3 is 15.7 Å². The highest BCUT2D eigenvalue weighted by molar-refractivity contribution is 5.94. The van der Waals surface area contributed by atoms with E-state index >= 15 is 0 Å². The SMILES string of the molecule is CC(C)CC(Nc1ncc2ccccc2n1)c1ccc(C(=O)NCCC(=O)O)cc1. The molecule has 1 unspecified atom stereocenters. The molecule has 0 saturated heterocycles. The maximum Gasteiger partial charge on any atom is 0.305 e. The summed E-state index contributed by atoms with van der Waals surface area (Å²) < 4.78 is 0. The Labute approximate surface area is 175 Å². The second-order valence-electron chi connectivity index (χ2n) is 7.60. The summed E-state index contributed by atoms with van der Waals surface area (Å²) in [6.07, 6.45) is 2.58. The van der Waals surface area contributed by atoms with E-state index in [0.29, 0.717) is 17.4 Å². The summed E-state index contributed by atoms with van der Waals surface area (Å²) in [5, 5.41) is 15.7. The van der Waals surface area contributed by atoms with Crippen LogP contribution in [0.2, 0.25) is 0 Å². The molecular weight excluding hydrogens is 380 g/mol. The highest BCUT2D eigenvalue weighted by Crippen LogP contribution is 2.25. The van der Waals surface area contributed by atoms with Crippen molar-refractivity contribution in [2.75, 3.05) is 11.9 Å². The summed E-state index contributed by atoms with van der Waals surface area (Å²) in [5.41, 5.74) is 2.41. The van der Waals surface area contributed by atoms with E-state index in [2.05, 4.69) is 34.4 Å². The number of carboxylic acid groups (broad SMARTS) is 1. The molecule has 1 amide bonds. The van der Waals surface area contributed by atoms with Gasteiger partial charge >= 0.3 is 5.97 Å². The zero-order valence-corrected chi connectivity index (χ0v) is 17.1. The van der Waals surface area contributed by atoms with Crippen LogP contribution >= 0.6 is 0 Å². The van der Waals surface area contributed by atoms with Crippen LogP contribution in [-0.2, 0) is 4.79 Å². The van der Waals surface area contributed by atoms with Gasteiger partial charge in [0.05, 0.1) is 18.0 Å². The summed E-state index contributed by atoms with van der Waals surface area (Å²) in [4.78, 5) is 31.8. The number of hydrogen-bond donors (Lipinski definition) is 3. The van der Waals surface area contributed by atoms with Crippen LogP contribution < -0.4 is 10.6 Å². The quantitative estimate of drug-likeness (QED) is 0.496. The van der Waals surface area contributed by atoms with Gasteiger partial charge in [0.25, 0.3) is 5.91 Å². The van der Waals surface area contributed by atoms with Crippen LogP contribution in [0.1, 0.15) is 48.7 Å². The molecule has 0 fully saturated rings. The predicted octanol–water partition coefficient (Wildman–Crippen LogP) is 4.03. The second-order valence-corrected chi connectivity index (χ2v) is 7.60. The van der Waals surface area contributed by atoms with Crippen molar-refractivity contribution >= 4 is 28.7 Å². The molecule has 7 nitrogen and oxygen atoms in total. The molecule has 3 rings (SSSR count). The van der Waals surface area contributed by atoms with Gasteiger partial charge in [-0.05, 0) is 36.1 Å². The van der Waals surface area contributed by atoms with Crippen molar-refractivity contribution in [1.82, 2.24) is 15.3 Å². The van der Waals surface area contributed by atoms with E-state index in [1.165, 1.54) is 0 Å². The zero-order valence-electron chi connectivity index (χ0n) is 17.1. The first-order chi connectivity index (χ1) is 14.4. The van der Waals surface area contributed by atoms with Gasteiger partial charge in [-0.3, -0.25) is 9.59 Å². The molecule has 156 valence electrons. The lowest BCUT2D eigenvalue weighted by Crippen LogP contribution is -2.26. The van der Waals surface area contributed by atoms with Crippen LogP contribution in [0.3, 0.4) is 0 Å². The van der Waals surface area contributed by atoms with Gasteiger partial charge in [0, 0.05) is 23.7 Å². The van der Waals surface area contributed by atoms with Gasteiger partial charge in [0.2, 0.25) is 5.95 Å². The molecule has 0 aliphatic heterocycles. The zero-order chi connectivity index (χ0) is 21.5. The van der Waals surface area contributed by atoms with Gasteiger partial charge in [-0.1, -0.05) is 44.2 Å². The lowest BCUT2D eigenvalue weighted by atomic mass is 9.96. The van der Waals surface area contributed by atoms with E-state index in [-0.39, 0.29) is 24.9 Å². The highest BCUT2D eigenvalue weighted by Gasteiger charge is 2.16. The van der Waals surface area contributed by atoms with Crippen molar-refractivity contribution < 1.29 is 14.7 Å². The lowest BCUT2D eigenvalue weighted by molar-refractivity contribution is -0.136. The number of carbonyl (C=O) groups excluding carboxylic acids is 1. The lowest BCUT2D eigenvalue weighted by Gasteiger charge is -2.21. The van der Waals surface area contributed by atoms with E-state index in [0.717, 1.165) is 22.9 Å². The third kappa shape index (κ3) is 5.76. The van der Waals surface area contributed by atoms with Gasteiger partial charge in [-0.2, -0.15) is 0 Å². The summed E-state index contributed by atoms with van der Waals surface area (Å²) >= 11 is 0. The number of aromatic nitrogens is 2. The van der Waals surface area contributed by atoms with E-state index in [9.17, 15) is 9.59 Å². The molecule has 3 aromatic rings. The number of nitrogens with zero attached hydrogens (tertiary/aromatic N) is 2. The van der Waals surface area contributed by atoms with Crippen LogP contribution in [0.5, 0.6) is 0 Å². The molecule has 0 aliphatic carbocycles. The number of amides is 1. The number of rotatable bonds is 9.